The second-order valence-corrected chi connectivity index (χ2v) is 10.1. The van der Waals surface area contributed by atoms with Gasteiger partial charge in [-0.15, -0.1) is 0 Å². The highest BCUT2D eigenvalue weighted by molar-refractivity contribution is 9.09. The molecule has 2 aromatic carbocycles. The Morgan fingerprint density at radius 2 is 0.857 bits per heavy atom. The Kier molecular flexibility index (Phi) is 11.9. The maximum Gasteiger partial charge on any atom is 0.238 e. The Balaban J connectivity index is 0.000000230. The number of aromatic nitrogens is 4. The number of alkyl halides is 2. The van der Waals surface area contributed by atoms with Crippen LogP contribution in [0.1, 0.15) is 43.0 Å². The molecule has 0 saturated heterocycles. The van der Waals surface area contributed by atoms with Crippen molar-refractivity contribution < 1.29 is 28.5 Å². The second kappa shape index (κ2) is 15.4. The number of hydrogen-bond acceptors (Lipinski definition) is 10. The van der Waals surface area contributed by atoms with Gasteiger partial charge in [-0.1, -0.05) is 31.9 Å². The summed E-state index contributed by atoms with van der Waals surface area (Å²) < 4.78 is 21.2. The van der Waals surface area contributed by atoms with E-state index in [1.165, 1.54) is 39.0 Å². The first-order valence-corrected chi connectivity index (χ1v) is 14.8. The maximum absolute atomic E-state index is 11.9. The molecule has 0 aliphatic rings. The summed E-state index contributed by atoms with van der Waals surface area (Å²) in [5, 5.41) is 0.609. The van der Waals surface area contributed by atoms with Crippen LogP contribution in [0.25, 0.3) is 0 Å². The zero-order valence-electron chi connectivity index (χ0n) is 24.0. The van der Waals surface area contributed by atoms with Gasteiger partial charge in [0.15, 0.2) is 11.6 Å². The Hall–Kier alpha value is -3.90. The van der Waals surface area contributed by atoms with E-state index in [9.17, 15) is 9.59 Å². The largest absolute Gasteiger partial charge is 0.480 e. The first-order chi connectivity index (χ1) is 20.1. The second-order valence-electron chi connectivity index (χ2n) is 8.98. The third kappa shape index (κ3) is 8.56. The van der Waals surface area contributed by atoms with Gasteiger partial charge in [0.05, 0.1) is 49.7 Å². The third-order valence-electron chi connectivity index (χ3n) is 5.88. The van der Waals surface area contributed by atoms with Crippen LogP contribution in [0.2, 0.25) is 0 Å². The number of Topliss-reactive ketones (excluding diaryl/α,β-unsaturated/α-hetero) is 2. The molecule has 0 amide bonds. The summed E-state index contributed by atoms with van der Waals surface area (Å²) in [5.74, 6) is 2.94. The predicted octanol–water partition coefficient (Wildman–Crippen LogP) is 6.94. The first-order valence-electron chi connectivity index (χ1n) is 12.6. The van der Waals surface area contributed by atoms with Crippen LogP contribution in [-0.2, 0) is 0 Å². The maximum atomic E-state index is 11.9. The summed E-state index contributed by atoms with van der Waals surface area (Å²) in [5.41, 5.74) is 4.93. The molecule has 4 rings (SSSR count). The molecule has 2 heterocycles. The highest BCUT2D eigenvalue weighted by atomic mass is 79.9. The smallest absolute Gasteiger partial charge is 0.238 e. The van der Waals surface area contributed by atoms with Crippen LogP contribution in [0.4, 0.5) is 0 Å². The molecule has 0 N–H and O–H groups in total. The molecule has 12 heteroatoms. The minimum absolute atomic E-state index is 0.0563. The third-order valence-corrected chi connectivity index (χ3v) is 6.90. The monoisotopic (exact) mass is 700 g/mol. The van der Waals surface area contributed by atoms with Crippen molar-refractivity contribution in [2.45, 2.75) is 27.7 Å². The highest BCUT2D eigenvalue weighted by Gasteiger charge is 2.14. The van der Waals surface area contributed by atoms with E-state index in [2.05, 4.69) is 51.8 Å². The van der Waals surface area contributed by atoms with E-state index < -0.39 is 0 Å². The fourth-order valence-corrected chi connectivity index (χ4v) is 4.71. The van der Waals surface area contributed by atoms with Crippen LogP contribution in [-0.4, -0.2) is 56.4 Å². The minimum atomic E-state index is 0.0563. The van der Waals surface area contributed by atoms with Crippen LogP contribution in [0.15, 0.2) is 49.1 Å². The lowest BCUT2D eigenvalue weighted by Gasteiger charge is -2.11. The number of carbonyl (C=O) groups excluding carboxylic acids is 2. The van der Waals surface area contributed by atoms with Crippen LogP contribution in [0, 0.1) is 27.7 Å². The number of benzene rings is 2. The predicted molar refractivity (Wildman–Crippen MR) is 165 cm³/mol. The normalized spacial score (nSPS) is 10.3. The standard InChI is InChI=1S/2C15H15BrN2O3/c2*1-9-4-11(5-10(2)15(9)12(19)6-16)21-14-8-17-13(20-3)7-18-14/h2*4-5,7-8H,6H2,1-3H3. The van der Waals surface area contributed by atoms with Gasteiger partial charge in [-0.3, -0.25) is 9.59 Å². The van der Waals surface area contributed by atoms with Gasteiger partial charge in [-0.2, -0.15) is 0 Å². The van der Waals surface area contributed by atoms with Crippen LogP contribution in [0.3, 0.4) is 0 Å². The van der Waals surface area contributed by atoms with Crippen molar-refractivity contribution in [2.24, 2.45) is 0 Å². The molecule has 0 fully saturated rings. The molecule has 0 aliphatic heterocycles. The number of carbonyl (C=O) groups is 2. The van der Waals surface area contributed by atoms with E-state index in [0.717, 1.165) is 33.4 Å². The number of hydrogen-bond donors (Lipinski definition) is 0. The fraction of sp³-hybridized carbons (Fsp3) is 0.267. The molecule has 0 unspecified atom stereocenters. The molecule has 0 bridgehead atoms. The van der Waals surface area contributed by atoms with Gasteiger partial charge in [-0.05, 0) is 74.2 Å². The molecule has 0 radical (unpaired) electrons. The molecule has 0 aliphatic carbocycles. The van der Waals surface area contributed by atoms with Crippen molar-refractivity contribution in [1.82, 2.24) is 19.9 Å². The summed E-state index contributed by atoms with van der Waals surface area (Å²) in [6, 6.07) is 7.26. The topological polar surface area (TPSA) is 123 Å². The van der Waals surface area contributed by atoms with Crippen molar-refractivity contribution in [1.29, 1.82) is 0 Å². The van der Waals surface area contributed by atoms with E-state index in [1.807, 2.05) is 52.0 Å². The fourth-order valence-electron chi connectivity index (χ4n) is 4.15. The SMILES string of the molecule is COc1cnc(Oc2cc(C)c(C(=O)CBr)c(C)c2)cn1.COc1cnc(Oc2cc(C)c(C(=O)CBr)c(C)c2)cn1. The van der Waals surface area contributed by atoms with Gasteiger partial charge in [0.1, 0.15) is 11.5 Å². The Bertz CT molecular complexity index is 1380. The van der Waals surface area contributed by atoms with E-state index in [0.29, 0.717) is 45.7 Å². The van der Waals surface area contributed by atoms with E-state index >= 15 is 0 Å². The number of ketones is 2. The molecule has 10 nitrogen and oxygen atoms in total. The summed E-state index contributed by atoms with van der Waals surface area (Å²) in [7, 11) is 3.05. The molecular formula is C30H30Br2N4O6. The van der Waals surface area contributed by atoms with Crippen molar-refractivity contribution in [3.05, 3.63) is 82.4 Å². The Morgan fingerprint density at radius 3 is 1.10 bits per heavy atom. The van der Waals surface area contributed by atoms with Crippen molar-refractivity contribution in [3.8, 4) is 35.0 Å². The molecule has 0 atom stereocenters. The number of aryl methyl sites for hydroxylation is 4. The van der Waals surface area contributed by atoms with Crippen molar-refractivity contribution in [2.75, 3.05) is 24.9 Å². The van der Waals surface area contributed by atoms with E-state index in [1.54, 1.807) is 0 Å². The lowest BCUT2D eigenvalue weighted by Crippen LogP contribution is -2.06. The van der Waals surface area contributed by atoms with Gasteiger partial charge < -0.3 is 18.9 Å². The lowest BCUT2D eigenvalue weighted by molar-refractivity contribution is 0.101. The zero-order valence-corrected chi connectivity index (χ0v) is 27.2. The van der Waals surface area contributed by atoms with E-state index in [4.69, 9.17) is 18.9 Å². The Labute approximate surface area is 261 Å². The zero-order chi connectivity index (χ0) is 30.8. The molecule has 0 spiro atoms. The number of rotatable bonds is 10. The quantitative estimate of drug-likeness (QED) is 0.127. The van der Waals surface area contributed by atoms with Crippen LogP contribution < -0.4 is 18.9 Å². The van der Waals surface area contributed by atoms with Gasteiger partial charge in [0.2, 0.25) is 23.5 Å². The first kappa shape index (κ1) is 32.6. The van der Waals surface area contributed by atoms with Crippen molar-refractivity contribution >= 4 is 43.4 Å². The molecule has 220 valence electrons. The van der Waals surface area contributed by atoms with E-state index in [-0.39, 0.29) is 11.6 Å². The summed E-state index contributed by atoms with van der Waals surface area (Å²) in [6.07, 6.45) is 5.94. The lowest BCUT2D eigenvalue weighted by atomic mass is 9.99. The number of halogens is 2. The van der Waals surface area contributed by atoms with Gasteiger partial charge in [-0.25, -0.2) is 19.9 Å². The number of methoxy groups -OCH3 is 2. The average molecular weight is 702 g/mol. The average Bonchev–Trinajstić information content (AvgIpc) is 2.97. The summed E-state index contributed by atoms with van der Waals surface area (Å²) >= 11 is 6.39. The number of ether oxygens (including phenoxy) is 4. The summed E-state index contributed by atoms with van der Waals surface area (Å²) in [4.78, 5) is 40.0. The molecule has 42 heavy (non-hydrogen) atoms. The highest BCUT2D eigenvalue weighted by Crippen LogP contribution is 2.27. The van der Waals surface area contributed by atoms with Gasteiger partial charge in [0.25, 0.3) is 0 Å². The van der Waals surface area contributed by atoms with Crippen LogP contribution >= 0.6 is 31.9 Å². The van der Waals surface area contributed by atoms with Gasteiger partial charge in [0, 0.05) is 11.1 Å². The molecule has 2 aromatic heterocycles. The molecule has 4 aromatic rings. The van der Waals surface area contributed by atoms with Gasteiger partial charge >= 0.3 is 0 Å². The number of nitrogens with zero attached hydrogens (tertiary/aromatic N) is 4. The minimum Gasteiger partial charge on any atom is -0.480 e. The van der Waals surface area contributed by atoms with Crippen molar-refractivity contribution in [3.63, 3.8) is 0 Å². The summed E-state index contributed by atoms with van der Waals surface area (Å²) in [6.45, 7) is 7.54. The van der Waals surface area contributed by atoms with Crippen LogP contribution in [0.5, 0.6) is 35.0 Å². The molecule has 0 saturated carbocycles. The Morgan fingerprint density at radius 1 is 0.571 bits per heavy atom. The molecular weight excluding hydrogens is 672 g/mol.